The van der Waals surface area contributed by atoms with Crippen LogP contribution in [0.15, 0.2) is 48.8 Å². The van der Waals surface area contributed by atoms with E-state index in [0.717, 1.165) is 10.9 Å². The summed E-state index contributed by atoms with van der Waals surface area (Å²) in [5.74, 6) is -0.0930. The summed E-state index contributed by atoms with van der Waals surface area (Å²) in [5.41, 5.74) is 7.38. The van der Waals surface area contributed by atoms with E-state index in [2.05, 4.69) is 15.3 Å². The third-order valence-corrected chi connectivity index (χ3v) is 3.28. The number of fused-ring (bicyclic) bond motifs is 1. The number of hydrogen-bond donors (Lipinski definition) is 2. The molecule has 6 heteroatoms. The van der Waals surface area contributed by atoms with Crippen LogP contribution in [0.3, 0.4) is 0 Å². The number of nitrogen functional groups attached to an aromatic ring is 1. The third kappa shape index (κ3) is 2.78. The van der Waals surface area contributed by atoms with E-state index in [-0.39, 0.29) is 22.3 Å². The minimum Gasteiger partial charge on any atom is -0.384 e. The number of nitrogens with zero attached hydrogens (tertiary/aromatic N) is 2. The zero-order valence-corrected chi connectivity index (χ0v) is 11.6. The molecule has 0 bridgehead atoms. The van der Waals surface area contributed by atoms with Gasteiger partial charge in [0.05, 0.1) is 16.1 Å². The lowest BCUT2D eigenvalue weighted by Crippen LogP contribution is -2.13. The summed E-state index contributed by atoms with van der Waals surface area (Å²) in [6.45, 7) is 0. The number of aromatic nitrogens is 2. The SMILES string of the molecule is Nc1cc(C(=O)Nc2ccc3ncccc3c2)c(Cl)cn1. The molecular formula is C15H11ClN4O. The zero-order chi connectivity index (χ0) is 14.8. The first-order valence-electron chi connectivity index (χ1n) is 6.20. The maximum absolute atomic E-state index is 12.2. The van der Waals surface area contributed by atoms with Crippen molar-refractivity contribution in [1.29, 1.82) is 0 Å². The second-order valence-corrected chi connectivity index (χ2v) is 4.86. The van der Waals surface area contributed by atoms with E-state index >= 15 is 0 Å². The fraction of sp³-hybridized carbons (Fsp3) is 0. The molecule has 104 valence electrons. The van der Waals surface area contributed by atoms with Crippen molar-refractivity contribution in [3.63, 3.8) is 0 Å². The first kappa shape index (κ1) is 13.3. The summed E-state index contributed by atoms with van der Waals surface area (Å²) in [6.07, 6.45) is 3.08. The number of anilines is 2. The number of hydrogen-bond acceptors (Lipinski definition) is 4. The van der Waals surface area contributed by atoms with Crippen LogP contribution in [0.1, 0.15) is 10.4 Å². The Hall–Kier alpha value is -2.66. The number of nitrogens with one attached hydrogen (secondary N) is 1. The maximum Gasteiger partial charge on any atom is 0.257 e. The summed E-state index contributed by atoms with van der Waals surface area (Å²) in [7, 11) is 0. The molecule has 0 unspecified atom stereocenters. The quantitative estimate of drug-likeness (QED) is 0.761. The van der Waals surface area contributed by atoms with Crippen LogP contribution in [0, 0.1) is 0 Å². The van der Waals surface area contributed by atoms with Gasteiger partial charge in [-0.3, -0.25) is 9.78 Å². The van der Waals surface area contributed by atoms with Crippen molar-refractivity contribution in [3.8, 4) is 0 Å². The average molecular weight is 299 g/mol. The Morgan fingerprint density at radius 1 is 1.19 bits per heavy atom. The van der Waals surface area contributed by atoms with Crippen LogP contribution in [-0.2, 0) is 0 Å². The lowest BCUT2D eigenvalue weighted by Gasteiger charge is -2.08. The molecule has 1 amide bonds. The molecule has 21 heavy (non-hydrogen) atoms. The number of carbonyl (C=O) groups excluding carboxylic acids is 1. The predicted molar refractivity (Wildman–Crippen MR) is 83.4 cm³/mol. The Labute approximate surface area is 125 Å². The second kappa shape index (κ2) is 5.38. The average Bonchev–Trinajstić information content (AvgIpc) is 2.49. The smallest absolute Gasteiger partial charge is 0.257 e. The van der Waals surface area contributed by atoms with Crippen LogP contribution in [0.2, 0.25) is 5.02 Å². The van der Waals surface area contributed by atoms with Crippen molar-refractivity contribution in [2.45, 2.75) is 0 Å². The fourth-order valence-electron chi connectivity index (χ4n) is 1.98. The number of pyridine rings is 2. The minimum atomic E-state index is -0.336. The largest absolute Gasteiger partial charge is 0.384 e. The molecule has 2 heterocycles. The molecule has 0 fully saturated rings. The normalized spacial score (nSPS) is 10.5. The van der Waals surface area contributed by atoms with Crippen LogP contribution < -0.4 is 11.1 Å². The first-order chi connectivity index (χ1) is 10.1. The molecule has 0 aliphatic carbocycles. The predicted octanol–water partition coefficient (Wildman–Crippen LogP) is 3.12. The molecule has 0 radical (unpaired) electrons. The van der Waals surface area contributed by atoms with Gasteiger partial charge in [-0.05, 0) is 30.3 Å². The standard InChI is InChI=1S/C15H11ClN4O/c16-12-8-19-14(17)7-11(12)15(21)20-10-3-4-13-9(6-10)2-1-5-18-13/h1-8H,(H2,17,19)(H,20,21). The van der Waals surface area contributed by atoms with Crippen molar-refractivity contribution in [3.05, 3.63) is 59.4 Å². The van der Waals surface area contributed by atoms with E-state index in [1.807, 2.05) is 24.3 Å². The molecule has 0 aliphatic rings. The molecule has 0 saturated heterocycles. The Balaban J connectivity index is 1.90. The van der Waals surface area contributed by atoms with Crippen LogP contribution >= 0.6 is 11.6 Å². The maximum atomic E-state index is 12.2. The number of amides is 1. The van der Waals surface area contributed by atoms with E-state index in [4.69, 9.17) is 17.3 Å². The van der Waals surface area contributed by atoms with Gasteiger partial charge in [0.25, 0.3) is 5.91 Å². The van der Waals surface area contributed by atoms with Gasteiger partial charge in [0.15, 0.2) is 0 Å². The fourth-order valence-corrected chi connectivity index (χ4v) is 2.17. The van der Waals surface area contributed by atoms with E-state index in [1.54, 1.807) is 12.3 Å². The van der Waals surface area contributed by atoms with Crippen LogP contribution in [-0.4, -0.2) is 15.9 Å². The van der Waals surface area contributed by atoms with Crippen molar-refractivity contribution < 1.29 is 4.79 Å². The number of benzene rings is 1. The van der Waals surface area contributed by atoms with Gasteiger partial charge < -0.3 is 11.1 Å². The van der Waals surface area contributed by atoms with Crippen LogP contribution in [0.25, 0.3) is 10.9 Å². The summed E-state index contributed by atoms with van der Waals surface area (Å²) in [5, 5.41) is 3.98. The lowest BCUT2D eigenvalue weighted by atomic mass is 10.2. The molecule has 0 spiro atoms. The van der Waals surface area contributed by atoms with Crippen molar-refractivity contribution in [2.75, 3.05) is 11.1 Å². The van der Waals surface area contributed by atoms with E-state index in [1.165, 1.54) is 12.3 Å². The third-order valence-electron chi connectivity index (χ3n) is 2.98. The minimum absolute atomic E-state index is 0.243. The Morgan fingerprint density at radius 3 is 2.90 bits per heavy atom. The highest BCUT2D eigenvalue weighted by Crippen LogP contribution is 2.21. The highest BCUT2D eigenvalue weighted by atomic mass is 35.5. The summed E-state index contributed by atoms with van der Waals surface area (Å²) >= 11 is 5.96. The van der Waals surface area contributed by atoms with Gasteiger partial charge in [-0.15, -0.1) is 0 Å². The molecular weight excluding hydrogens is 288 g/mol. The van der Waals surface area contributed by atoms with Crippen molar-refractivity contribution in [2.24, 2.45) is 0 Å². The van der Waals surface area contributed by atoms with E-state index in [0.29, 0.717) is 5.69 Å². The molecule has 2 aromatic heterocycles. The van der Waals surface area contributed by atoms with E-state index < -0.39 is 0 Å². The molecule has 0 atom stereocenters. The van der Waals surface area contributed by atoms with Gasteiger partial charge in [0.1, 0.15) is 5.82 Å². The Morgan fingerprint density at radius 2 is 2.05 bits per heavy atom. The van der Waals surface area contributed by atoms with Crippen LogP contribution in [0.5, 0.6) is 0 Å². The highest BCUT2D eigenvalue weighted by molar-refractivity contribution is 6.34. The van der Waals surface area contributed by atoms with Crippen molar-refractivity contribution >= 4 is 39.9 Å². The zero-order valence-electron chi connectivity index (χ0n) is 10.9. The molecule has 0 saturated carbocycles. The van der Waals surface area contributed by atoms with Gasteiger partial charge in [-0.1, -0.05) is 17.7 Å². The molecule has 0 aliphatic heterocycles. The molecule has 3 N–H and O–H groups in total. The van der Waals surface area contributed by atoms with Gasteiger partial charge in [0.2, 0.25) is 0 Å². The summed E-state index contributed by atoms with van der Waals surface area (Å²) < 4.78 is 0. The van der Waals surface area contributed by atoms with Gasteiger partial charge >= 0.3 is 0 Å². The number of halogens is 1. The molecule has 3 rings (SSSR count). The molecule has 5 nitrogen and oxygen atoms in total. The number of nitrogens with two attached hydrogens (primary N) is 1. The summed E-state index contributed by atoms with van der Waals surface area (Å²) in [6, 6.07) is 10.7. The van der Waals surface area contributed by atoms with Gasteiger partial charge in [-0.25, -0.2) is 4.98 Å². The van der Waals surface area contributed by atoms with Crippen molar-refractivity contribution in [1.82, 2.24) is 9.97 Å². The highest BCUT2D eigenvalue weighted by Gasteiger charge is 2.12. The Bertz CT molecular complexity index is 835. The Kier molecular flexibility index (Phi) is 3.41. The molecule has 3 aromatic rings. The van der Waals surface area contributed by atoms with Gasteiger partial charge in [0, 0.05) is 23.5 Å². The topological polar surface area (TPSA) is 80.9 Å². The van der Waals surface area contributed by atoms with E-state index in [9.17, 15) is 4.79 Å². The van der Waals surface area contributed by atoms with Crippen LogP contribution in [0.4, 0.5) is 11.5 Å². The summed E-state index contributed by atoms with van der Waals surface area (Å²) in [4.78, 5) is 20.3. The number of carbonyl (C=O) groups is 1. The molecule has 1 aromatic carbocycles. The number of rotatable bonds is 2. The van der Waals surface area contributed by atoms with Gasteiger partial charge in [-0.2, -0.15) is 0 Å². The first-order valence-corrected chi connectivity index (χ1v) is 6.58. The second-order valence-electron chi connectivity index (χ2n) is 4.45. The monoisotopic (exact) mass is 298 g/mol. The lowest BCUT2D eigenvalue weighted by molar-refractivity contribution is 0.102.